The van der Waals surface area contributed by atoms with E-state index in [1.165, 1.54) is 0 Å². The summed E-state index contributed by atoms with van der Waals surface area (Å²) < 4.78 is 0. The predicted octanol–water partition coefficient (Wildman–Crippen LogP) is 3.07. The smallest absolute Gasteiger partial charge is 0.255 e. The van der Waals surface area contributed by atoms with Crippen LogP contribution in [0.4, 0.5) is 5.69 Å². The van der Waals surface area contributed by atoms with Gasteiger partial charge in [0.05, 0.1) is 0 Å². The summed E-state index contributed by atoms with van der Waals surface area (Å²) in [7, 11) is 0. The highest BCUT2D eigenvalue weighted by atomic mass is 16.2. The normalized spacial score (nSPS) is 11.5. The molecule has 6 heteroatoms. The third-order valence-corrected chi connectivity index (χ3v) is 4.41. The lowest BCUT2D eigenvalue weighted by Gasteiger charge is -2.14. The number of benzene rings is 2. The molecule has 6 nitrogen and oxygen atoms in total. The van der Waals surface area contributed by atoms with Crippen molar-refractivity contribution in [2.24, 2.45) is 5.73 Å². The van der Waals surface area contributed by atoms with Crippen molar-refractivity contribution in [2.75, 3.05) is 11.9 Å². The van der Waals surface area contributed by atoms with Crippen molar-refractivity contribution in [1.29, 1.82) is 0 Å². The van der Waals surface area contributed by atoms with E-state index in [2.05, 4.69) is 15.6 Å². The number of pyridine rings is 1. The summed E-state index contributed by atoms with van der Waals surface area (Å²) in [4.78, 5) is 28.5. The molecule has 1 atom stereocenters. The van der Waals surface area contributed by atoms with Gasteiger partial charge < -0.3 is 16.4 Å². The molecule has 142 valence electrons. The minimum atomic E-state index is -0.370. The van der Waals surface area contributed by atoms with Gasteiger partial charge in [0.2, 0.25) is 0 Å². The summed E-state index contributed by atoms with van der Waals surface area (Å²) in [6.45, 7) is 2.19. The molecular weight excluding hydrogens is 352 g/mol. The van der Waals surface area contributed by atoms with Crippen LogP contribution in [0.5, 0.6) is 0 Å². The van der Waals surface area contributed by atoms with E-state index in [-0.39, 0.29) is 17.9 Å². The number of aryl methyl sites for hydroxylation is 1. The molecule has 0 spiro atoms. The van der Waals surface area contributed by atoms with E-state index < -0.39 is 0 Å². The molecule has 3 rings (SSSR count). The van der Waals surface area contributed by atoms with Gasteiger partial charge in [0.25, 0.3) is 11.8 Å². The molecular formula is C22H22N4O2. The minimum absolute atomic E-state index is 0.151. The molecule has 28 heavy (non-hydrogen) atoms. The van der Waals surface area contributed by atoms with Crippen molar-refractivity contribution in [2.45, 2.75) is 13.0 Å². The number of hydrogen-bond acceptors (Lipinski definition) is 4. The SMILES string of the molecule is Cc1ccccc1C(=O)NCC(N)c1ccc(C(=O)Nc2ccncc2)cc1. The van der Waals surface area contributed by atoms with Gasteiger partial charge in [-0.15, -0.1) is 0 Å². The first-order valence-corrected chi connectivity index (χ1v) is 8.95. The summed E-state index contributed by atoms with van der Waals surface area (Å²) in [5.74, 6) is -0.360. The number of nitrogens with two attached hydrogens (primary N) is 1. The number of hydrogen-bond donors (Lipinski definition) is 3. The van der Waals surface area contributed by atoms with Gasteiger partial charge in [0.15, 0.2) is 0 Å². The second-order valence-electron chi connectivity index (χ2n) is 6.44. The van der Waals surface area contributed by atoms with Crippen LogP contribution in [0, 0.1) is 6.92 Å². The summed E-state index contributed by atoms with van der Waals surface area (Å²) in [5.41, 5.74) is 9.78. The van der Waals surface area contributed by atoms with Crippen molar-refractivity contribution in [3.8, 4) is 0 Å². The minimum Gasteiger partial charge on any atom is -0.350 e. The summed E-state index contributed by atoms with van der Waals surface area (Å²) >= 11 is 0. The van der Waals surface area contributed by atoms with E-state index in [1.54, 1.807) is 54.9 Å². The Balaban J connectivity index is 1.57. The highest BCUT2D eigenvalue weighted by molar-refractivity contribution is 6.04. The molecule has 0 radical (unpaired) electrons. The van der Waals surface area contributed by atoms with Crippen LogP contribution in [0.25, 0.3) is 0 Å². The van der Waals surface area contributed by atoms with Crippen LogP contribution in [0.15, 0.2) is 73.1 Å². The average molecular weight is 374 g/mol. The topological polar surface area (TPSA) is 97.1 Å². The number of anilines is 1. The van der Waals surface area contributed by atoms with Crippen LogP contribution in [-0.2, 0) is 0 Å². The first-order chi connectivity index (χ1) is 13.5. The Bertz CT molecular complexity index is 956. The quantitative estimate of drug-likeness (QED) is 0.618. The van der Waals surface area contributed by atoms with Gasteiger partial charge in [0.1, 0.15) is 0 Å². The lowest BCUT2D eigenvalue weighted by molar-refractivity contribution is 0.0950. The lowest BCUT2D eigenvalue weighted by Crippen LogP contribution is -2.32. The van der Waals surface area contributed by atoms with Crippen molar-refractivity contribution in [3.05, 3.63) is 95.3 Å². The molecule has 0 fully saturated rings. The van der Waals surface area contributed by atoms with E-state index in [9.17, 15) is 9.59 Å². The fourth-order valence-corrected chi connectivity index (χ4v) is 2.76. The molecule has 1 unspecified atom stereocenters. The average Bonchev–Trinajstić information content (AvgIpc) is 2.73. The van der Waals surface area contributed by atoms with Gasteiger partial charge in [-0.05, 0) is 48.4 Å². The first-order valence-electron chi connectivity index (χ1n) is 8.95. The largest absolute Gasteiger partial charge is 0.350 e. The highest BCUT2D eigenvalue weighted by Gasteiger charge is 2.12. The number of rotatable bonds is 6. The number of nitrogens with zero attached hydrogens (tertiary/aromatic N) is 1. The molecule has 2 amide bonds. The monoisotopic (exact) mass is 374 g/mol. The van der Waals surface area contributed by atoms with E-state index >= 15 is 0 Å². The summed E-state index contributed by atoms with van der Waals surface area (Å²) in [6.07, 6.45) is 3.23. The zero-order valence-corrected chi connectivity index (χ0v) is 15.6. The number of aromatic nitrogens is 1. The molecule has 1 aromatic heterocycles. The molecule has 0 bridgehead atoms. The molecule has 0 aliphatic rings. The number of carbonyl (C=O) groups excluding carboxylic acids is 2. The van der Waals surface area contributed by atoms with Crippen molar-refractivity contribution in [1.82, 2.24) is 10.3 Å². The first kappa shape index (κ1) is 19.3. The van der Waals surface area contributed by atoms with Crippen LogP contribution in [0.3, 0.4) is 0 Å². The van der Waals surface area contributed by atoms with Crippen molar-refractivity contribution < 1.29 is 9.59 Å². The number of carbonyl (C=O) groups is 2. The Labute approximate surface area is 163 Å². The van der Waals surface area contributed by atoms with Crippen LogP contribution in [0.1, 0.15) is 37.9 Å². The van der Waals surface area contributed by atoms with Gasteiger partial charge >= 0.3 is 0 Å². The van der Waals surface area contributed by atoms with Gasteiger partial charge in [0, 0.05) is 41.8 Å². The van der Waals surface area contributed by atoms with Gasteiger partial charge in [-0.25, -0.2) is 0 Å². The maximum absolute atomic E-state index is 12.3. The third-order valence-electron chi connectivity index (χ3n) is 4.41. The Morgan fingerprint density at radius 3 is 2.32 bits per heavy atom. The molecule has 0 aliphatic carbocycles. The lowest BCUT2D eigenvalue weighted by atomic mass is 10.0. The zero-order valence-electron chi connectivity index (χ0n) is 15.6. The van der Waals surface area contributed by atoms with Gasteiger partial charge in [-0.1, -0.05) is 30.3 Å². The van der Waals surface area contributed by atoms with Crippen LogP contribution in [0.2, 0.25) is 0 Å². The van der Waals surface area contributed by atoms with Crippen LogP contribution >= 0.6 is 0 Å². The number of nitrogens with one attached hydrogen (secondary N) is 2. The Morgan fingerprint density at radius 2 is 1.64 bits per heavy atom. The van der Waals surface area contributed by atoms with Crippen molar-refractivity contribution in [3.63, 3.8) is 0 Å². The summed E-state index contributed by atoms with van der Waals surface area (Å²) in [6, 6.07) is 17.5. The van der Waals surface area contributed by atoms with Crippen LogP contribution < -0.4 is 16.4 Å². The molecule has 0 saturated carbocycles. The third kappa shape index (κ3) is 4.81. The molecule has 3 aromatic rings. The van der Waals surface area contributed by atoms with E-state index in [0.717, 1.165) is 11.1 Å². The zero-order chi connectivity index (χ0) is 19.9. The van der Waals surface area contributed by atoms with Gasteiger partial charge in [-0.3, -0.25) is 14.6 Å². The molecule has 4 N–H and O–H groups in total. The predicted molar refractivity (Wildman–Crippen MR) is 109 cm³/mol. The second-order valence-corrected chi connectivity index (χ2v) is 6.44. The second kappa shape index (κ2) is 8.92. The fourth-order valence-electron chi connectivity index (χ4n) is 2.76. The Kier molecular flexibility index (Phi) is 6.14. The van der Waals surface area contributed by atoms with Crippen LogP contribution in [-0.4, -0.2) is 23.3 Å². The van der Waals surface area contributed by atoms with Gasteiger partial charge in [-0.2, -0.15) is 0 Å². The Morgan fingerprint density at radius 1 is 0.964 bits per heavy atom. The van der Waals surface area contributed by atoms with E-state index in [4.69, 9.17) is 5.73 Å². The van der Waals surface area contributed by atoms with E-state index in [0.29, 0.717) is 23.4 Å². The maximum Gasteiger partial charge on any atom is 0.255 e. The fraction of sp³-hybridized carbons (Fsp3) is 0.136. The van der Waals surface area contributed by atoms with Crippen molar-refractivity contribution >= 4 is 17.5 Å². The highest BCUT2D eigenvalue weighted by Crippen LogP contribution is 2.14. The molecule has 0 aliphatic heterocycles. The molecule has 1 heterocycles. The standard InChI is InChI=1S/C22H22N4O2/c1-15-4-2-3-5-19(15)22(28)25-14-20(23)16-6-8-17(9-7-16)21(27)26-18-10-12-24-13-11-18/h2-13,20H,14,23H2,1H3,(H,25,28)(H,24,26,27). The maximum atomic E-state index is 12.3. The summed E-state index contributed by atoms with van der Waals surface area (Å²) in [5, 5.41) is 5.66. The molecule has 2 aromatic carbocycles. The van der Waals surface area contributed by atoms with E-state index in [1.807, 2.05) is 25.1 Å². The number of amides is 2. The molecule has 0 saturated heterocycles. The Hall–Kier alpha value is -3.51.